The number of fused-ring (bicyclic) bond motifs is 1. The van der Waals surface area contributed by atoms with E-state index in [-0.39, 0.29) is 0 Å². The van der Waals surface area contributed by atoms with Gasteiger partial charge >= 0.3 is 0 Å². The predicted molar refractivity (Wildman–Crippen MR) is 66.5 cm³/mol. The summed E-state index contributed by atoms with van der Waals surface area (Å²) in [4.78, 5) is 0. The molecule has 0 bridgehead atoms. The summed E-state index contributed by atoms with van der Waals surface area (Å²) in [6.45, 7) is 6.61. The van der Waals surface area contributed by atoms with Crippen LogP contribution in [0.3, 0.4) is 0 Å². The van der Waals surface area contributed by atoms with Gasteiger partial charge in [0.05, 0.1) is 0 Å². The third-order valence-electron chi connectivity index (χ3n) is 3.06. The first kappa shape index (κ1) is 10.2. The van der Waals surface area contributed by atoms with Gasteiger partial charge in [-0.05, 0) is 48.1 Å². The predicted octanol–water partition coefficient (Wildman–Crippen LogP) is 4.36. The molecule has 0 saturated carbocycles. The molecule has 2 aliphatic carbocycles. The standard InChI is InChI=1S/C15H18/c1-4-5-13-8-6-11(2)14-9-7-12(3)15(14)10-13/h6-10H,4-5H2,1-3H3. The molecule has 0 aromatic rings. The molecule has 0 aliphatic heterocycles. The maximum Gasteiger partial charge on any atom is -0.0149 e. The molecule has 0 radical (unpaired) electrons. The van der Waals surface area contributed by atoms with E-state index < -0.39 is 0 Å². The molecule has 0 aromatic carbocycles. The van der Waals surface area contributed by atoms with Crippen molar-refractivity contribution >= 4 is 0 Å². The van der Waals surface area contributed by atoms with Crippen LogP contribution in [0.4, 0.5) is 0 Å². The summed E-state index contributed by atoms with van der Waals surface area (Å²) in [5.74, 6) is 0. The Morgan fingerprint density at radius 1 is 0.867 bits per heavy atom. The van der Waals surface area contributed by atoms with Crippen molar-refractivity contribution in [3.05, 3.63) is 47.0 Å². The molecular formula is C15H18. The van der Waals surface area contributed by atoms with Crippen molar-refractivity contribution in [2.75, 3.05) is 0 Å². The van der Waals surface area contributed by atoms with Crippen LogP contribution in [-0.4, -0.2) is 0 Å². The van der Waals surface area contributed by atoms with Crippen LogP contribution in [0, 0.1) is 13.8 Å². The van der Waals surface area contributed by atoms with Crippen LogP contribution in [0.25, 0.3) is 11.1 Å². The SMILES string of the molecule is CCCc1ccc(C)c2ccc(C)c-2c1. The van der Waals surface area contributed by atoms with Crippen molar-refractivity contribution in [3.8, 4) is 11.1 Å². The second-order valence-electron chi connectivity index (χ2n) is 4.33. The van der Waals surface area contributed by atoms with Crippen molar-refractivity contribution in [1.29, 1.82) is 0 Å². The van der Waals surface area contributed by atoms with Gasteiger partial charge in [-0.2, -0.15) is 0 Å². The molecule has 78 valence electrons. The molecule has 0 atom stereocenters. The molecule has 0 unspecified atom stereocenters. The van der Waals surface area contributed by atoms with Crippen LogP contribution in [0.2, 0.25) is 0 Å². The first-order chi connectivity index (χ1) is 7.22. The highest BCUT2D eigenvalue weighted by atomic mass is 14.1. The van der Waals surface area contributed by atoms with Crippen LogP contribution in [0.15, 0.2) is 30.3 Å². The topological polar surface area (TPSA) is 0 Å². The lowest BCUT2D eigenvalue weighted by Crippen LogP contribution is -1.79. The van der Waals surface area contributed by atoms with E-state index in [1.54, 1.807) is 0 Å². The second-order valence-corrected chi connectivity index (χ2v) is 4.33. The fourth-order valence-corrected chi connectivity index (χ4v) is 2.14. The van der Waals surface area contributed by atoms with Crippen molar-refractivity contribution in [2.45, 2.75) is 33.6 Å². The molecule has 2 rings (SSSR count). The summed E-state index contributed by atoms with van der Waals surface area (Å²) in [6.07, 6.45) is 2.39. The highest BCUT2D eigenvalue weighted by Gasteiger charge is 2.07. The molecule has 2 aliphatic rings. The minimum absolute atomic E-state index is 1.17. The third kappa shape index (κ3) is 1.90. The van der Waals surface area contributed by atoms with Gasteiger partial charge in [-0.1, -0.05) is 43.7 Å². The van der Waals surface area contributed by atoms with Gasteiger partial charge in [-0.3, -0.25) is 0 Å². The minimum atomic E-state index is 1.17. The number of aryl methyl sites for hydroxylation is 3. The second kappa shape index (κ2) is 4.06. The average Bonchev–Trinajstić information content (AvgIpc) is 2.49. The molecule has 0 nitrogen and oxygen atoms in total. The number of hydrogen-bond donors (Lipinski definition) is 0. The Bertz CT molecular complexity index is 440. The van der Waals surface area contributed by atoms with Gasteiger partial charge in [0.25, 0.3) is 0 Å². The van der Waals surface area contributed by atoms with Gasteiger partial charge in [-0.15, -0.1) is 0 Å². The summed E-state index contributed by atoms with van der Waals surface area (Å²) in [5, 5.41) is 0. The third-order valence-corrected chi connectivity index (χ3v) is 3.06. The normalized spacial score (nSPS) is 10.9. The Morgan fingerprint density at radius 2 is 1.53 bits per heavy atom. The molecule has 0 heterocycles. The number of hydrogen-bond acceptors (Lipinski definition) is 0. The monoisotopic (exact) mass is 198 g/mol. The van der Waals surface area contributed by atoms with E-state index in [4.69, 9.17) is 0 Å². The smallest absolute Gasteiger partial charge is 0.0149 e. The molecule has 15 heavy (non-hydrogen) atoms. The van der Waals surface area contributed by atoms with Gasteiger partial charge < -0.3 is 0 Å². The van der Waals surface area contributed by atoms with Crippen LogP contribution in [0.5, 0.6) is 0 Å². The van der Waals surface area contributed by atoms with E-state index in [0.717, 1.165) is 0 Å². The Morgan fingerprint density at radius 3 is 2.27 bits per heavy atom. The molecular weight excluding hydrogens is 180 g/mol. The number of rotatable bonds is 2. The average molecular weight is 198 g/mol. The molecule has 0 aromatic heterocycles. The highest BCUT2D eigenvalue weighted by molar-refractivity contribution is 5.73. The van der Waals surface area contributed by atoms with Crippen molar-refractivity contribution in [1.82, 2.24) is 0 Å². The van der Waals surface area contributed by atoms with E-state index in [2.05, 4.69) is 51.1 Å². The molecule has 0 fully saturated rings. The summed E-state index contributed by atoms with van der Waals surface area (Å²) in [6, 6.07) is 11.3. The van der Waals surface area contributed by atoms with Gasteiger partial charge in [0, 0.05) is 0 Å². The van der Waals surface area contributed by atoms with E-state index in [1.165, 1.54) is 40.7 Å². The van der Waals surface area contributed by atoms with Crippen molar-refractivity contribution in [3.63, 3.8) is 0 Å². The van der Waals surface area contributed by atoms with E-state index in [9.17, 15) is 0 Å². The van der Waals surface area contributed by atoms with E-state index in [0.29, 0.717) is 0 Å². The summed E-state index contributed by atoms with van der Waals surface area (Å²) in [7, 11) is 0. The Labute approximate surface area is 92.3 Å². The molecule has 0 amide bonds. The van der Waals surface area contributed by atoms with Crippen LogP contribution in [-0.2, 0) is 6.42 Å². The Kier molecular flexibility index (Phi) is 2.77. The lowest BCUT2D eigenvalue weighted by Gasteiger charge is -1.99. The van der Waals surface area contributed by atoms with Crippen molar-refractivity contribution in [2.24, 2.45) is 0 Å². The van der Waals surface area contributed by atoms with E-state index in [1.807, 2.05) is 0 Å². The zero-order valence-corrected chi connectivity index (χ0v) is 9.80. The fourth-order valence-electron chi connectivity index (χ4n) is 2.14. The van der Waals surface area contributed by atoms with E-state index >= 15 is 0 Å². The molecule has 0 saturated heterocycles. The van der Waals surface area contributed by atoms with Crippen molar-refractivity contribution < 1.29 is 0 Å². The summed E-state index contributed by atoms with van der Waals surface area (Å²) >= 11 is 0. The van der Waals surface area contributed by atoms with Gasteiger partial charge in [0.15, 0.2) is 0 Å². The Hall–Kier alpha value is -1.30. The van der Waals surface area contributed by atoms with Gasteiger partial charge in [0.2, 0.25) is 0 Å². The first-order valence-corrected chi connectivity index (χ1v) is 5.71. The van der Waals surface area contributed by atoms with Crippen LogP contribution >= 0.6 is 0 Å². The largest absolute Gasteiger partial charge is 0.0651 e. The first-order valence-electron chi connectivity index (χ1n) is 5.71. The van der Waals surface area contributed by atoms with Crippen LogP contribution in [0.1, 0.15) is 30.0 Å². The maximum atomic E-state index is 2.35. The zero-order valence-electron chi connectivity index (χ0n) is 9.80. The molecule has 0 spiro atoms. The van der Waals surface area contributed by atoms with Crippen LogP contribution < -0.4 is 0 Å². The quantitative estimate of drug-likeness (QED) is 0.672. The summed E-state index contributed by atoms with van der Waals surface area (Å²) < 4.78 is 0. The minimum Gasteiger partial charge on any atom is -0.0651 e. The lowest BCUT2D eigenvalue weighted by atomic mass is 10.1. The molecule has 0 heteroatoms. The fraction of sp³-hybridized carbons (Fsp3) is 0.333. The highest BCUT2D eigenvalue weighted by Crippen LogP contribution is 2.30. The van der Waals surface area contributed by atoms with Gasteiger partial charge in [0.1, 0.15) is 0 Å². The lowest BCUT2D eigenvalue weighted by molar-refractivity contribution is 0.923. The summed E-state index contributed by atoms with van der Waals surface area (Å²) in [5.41, 5.74) is 7.03. The molecule has 0 N–H and O–H groups in total. The van der Waals surface area contributed by atoms with Gasteiger partial charge in [-0.25, -0.2) is 0 Å². The maximum absolute atomic E-state index is 2.35. The zero-order chi connectivity index (χ0) is 10.8. The Balaban J connectivity index is 2.60.